The number of aromatic nitrogens is 1. The van der Waals surface area contributed by atoms with Gasteiger partial charge in [-0.15, -0.1) is 0 Å². The second-order valence-electron chi connectivity index (χ2n) is 9.06. The minimum absolute atomic E-state index is 0.0243. The van der Waals surface area contributed by atoms with Gasteiger partial charge < -0.3 is 14.7 Å². The predicted molar refractivity (Wildman–Crippen MR) is 142 cm³/mol. The van der Waals surface area contributed by atoms with E-state index in [1.54, 1.807) is 19.9 Å². The molecule has 0 spiro atoms. The van der Waals surface area contributed by atoms with Crippen LogP contribution in [0, 0.1) is 23.6 Å². The minimum Gasteiger partial charge on any atom is -0.480 e. The zero-order valence-corrected chi connectivity index (χ0v) is 22.3. The Labute approximate surface area is 217 Å². The number of aryl methyl sites for hydroxylation is 1. The van der Waals surface area contributed by atoms with Crippen LogP contribution < -0.4 is 0 Å². The molecule has 3 rings (SSSR count). The van der Waals surface area contributed by atoms with E-state index in [0.29, 0.717) is 17.7 Å². The van der Waals surface area contributed by atoms with Crippen molar-refractivity contribution in [3.63, 3.8) is 0 Å². The van der Waals surface area contributed by atoms with E-state index in [4.69, 9.17) is 9.51 Å². The van der Waals surface area contributed by atoms with E-state index >= 15 is 0 Å². The fourth-order valence-electron chi connectivity index (χ4n) is 4.21. The zero-order chi connectivity index (χ0) is 27.2. The second kappa shape index (κ2) is 11.8. The monoisotopic (exact) mass is 523 g/mol. The van der Waals surface area contributed by atoms with Crippen molar-refractivity contribution in [1.82, 2.24) is 4.98 Å². The lowest BCUT2D eigenvalue weighted by molar-refractivity contribution is -0.146. The van der Waals surface area contributed by atoms with E-state index in [1.807, 2.05) is 37.3 Å². The largest absolute Gasteiger partial charge is 0.480 e. The zero-order valence-electron chi connectivity index (χ0n) is 21.3. The predicted octanol–water partition coefficient (Wildman–Crippen LogP) is 5.48. The third-order valence-electron chi connectivity index (χ3n) is 6.18. The lowest BCUT2D eigenvalue weighted by Gasteiger charge is -2.40. The Morgan fingerprint density at radius 3 is 2.30 bits per heavy atom. The summed E-state index contributed by atoms with van der Waals surface area (Å²) in [4.78, 5) is 17.7. The minimum atomic E-state index is -3.53. The normalized spacial score (nSPS) is 15.2. The van der Waals surface area contributed by atoms with Gasteiger partial charge in [0.25, 0.3) is 0 Å². The highest BCUT2D eigenvalue weighted by Crippen LogP contribution is 2.53. The molecule has 2 N–H and O–H groups in total. The van der Waals surface area contributed by atoms with Crippen molar-refractivity contribution in [3.8, 4) is 23.1 Å². The molecule has 8 heteroatoms. The molecule has 2 aromatic carbocycles. The van der Waals surface area contributed by atoms with E-state index in [-0.39, 0.29) is 18.0 Å². The first-order valence-corrected chi connectivity index (χ1v) is 13.3. The van der Waals surface area contributed by atoms with Gasteiger partial charge in [-0.2, -0.15) is 0 Å². The van der Waals surface area contributed by atoms with Crippen LogP contribution in [0.15, 0.2) is 66.7 Å². The summed E-state index contributed by atoms with van der Waals surface area (Å²) in [5, 5.41) is 20.4. The molecule has 1 aromatic heterocycles. The van der Waals surface area contributed by atoms with Gasteiger partial charge in [0.2, 0.25) is 13.2 Å². The number of pyridine rings is 1. The van der Waals surface area contributed by atoms with Crippen molar-refractivity contribution in [2.45, 2.75) is 44.4 Å². The van der Waals surface area contributed by atoms with E-state index in [1.165, 1.54) is 30.3 Å². The first kappa shape index (κ1) is 28.3. The molecule has 3 aromatic rings. The summed E-state index contributed by atoms with van der Waals surface area (Å²) in [6, 6.07) is 17.9. The van der Waals surface area contributed by atoms with Crippen LogP contribution >= 0.6 is 8.03 Å². The SMILES string of the molecule is CCc1ccc(C(O)(Cc2ccc(F)cc2)C(C#CC(C)C)(C(=O)O)[PH](=O)OC)nc1-c1ccccc1. The average Bonchev–Trinajstić information content (AvgIpc) is 2.89. The molecule has 0 amide bonds. The van der Waals surface area contributed by atoms with Crippen LogP contribution in [0.25, 0.3) is 11.3 Å². The van der Waals surface area contributed by atoms with Crippen molar-refractivity contribution in [2.24, 2.45) is 5.92 Å². The molecular weight excluding hydrogens is 492 g/mol. The Kier molecular flexibility index (Phi) is 9.04. The number of nitrogens with zero attached hydrogens (tertiary/aromatic N) is 1. The maximum atomic E-state index is 13.7. The van der Waals surface area contributed by atoms with Gasteiger partial charge in [-0.05, 0) is 35.7 Å². The molecule has 0 aliphatic carbocycles. The number of aliphatic carboxylic acids is 1. The van der Waals surface area contributed by atoms with Gasteiger partial charge in [0, 0.05) is 25.0 Å². The molecule has 3 atom stereocenters. The van der Waals surface area contributed by atoms with Crippen molar-refractivity contribution in [1.29, 1.82) is 0 Å². The molecule has 0 radical (unpaired) electrons. The summed E-state index contributed by atoms with van der Waals surface area (Å²) < 4.78 is 32.2. The van der Waals surface area contributed by atoms with E-state index < -0.39 is 30.6 Å². The molecule has 0 aliphatic heterocycles. The number of carboxylic acid groups (broad SMARTS) is 1. The van der Waals surface area contributed by atoms with Crippen LogP contribution in [-0.4, -0.2) is 33.4 Å². The maximum Gasteiger partial charge on any atom is 0.335 e. The summed E-state index contributed by atoms with van der Waals surface area (Å²) in [6.45, 7) is 5.47. The van der Waals surface area contributed by atoms with Crippen LogP contribution in [0.5, 0.6) is 0 Å². The Morgan fingerprint density at radius 1 is 1.11 bits per heavy atom. The number of aliphatic hydroxyl groups is 1. The molecule has 0 saturated carbocycles. The lowest BCUT2D eigenvalue weighted by atomic mass is 9.78. The summed E-state index contributed by atoms with van der Waals surface area (Å²) in [6.07, 6.45) is 0.290. The van der Waals surface area contributed by atoms with E-state index in [0.717, 1.165) is 18.2 Å². The smallest absolute Gasteiger partial charge is 0.335 e. The maximum absolute atomic E-state index is 13.7. The Hall–Kier alpha value is -3.30. The summed E-state index contributed by atoms with van der Waals surface area (Å²) in [7, 11) is -2.41. The number of carboxylic acids is 1. The topological polar surface area (TPSA) is 96.7 Å². The van der Waals surface area contributed by atoms with Crippen LogP contribution in [0.3, 0.4) is 0 Å². The highest BCUT2D eigenvalue weighted by atomic mass is 31.1. The van der Waals surface area contributed by atoms with Crippen molar-refractivity contribution in [2.75, 3.05) is 7.11 Å². The lowest BCUT2D eigenvalue weighted by Crippen LogP contribution is -2.56. The quantitative estimate of drug-likeness (QED) is 0.285. The first-order chi connectivity index (χ1) is 17.6. The van der Waals surface area contributed by atoms with Crippen molar-refractivity contribution < 1.29 is 28.5 Å². The number of rotatable bonds is 9. The molecule has 0 aliphatic rings. The van der Waals surface area contributed by atoms with Crippen LogP contribution in [0.4, 0.5) is 4.39 Å². The van der Waals surface area contributed by atoms with Crippen LogP contribution in [0.2, 0.25) is 0 Å². The molecule has 0 fully saturated rings. The van der Waals surface area contributed by atoms with E-state index in [2.05, 4.69) is 11.8 Å². The number of benzene rings is 2. The van der Waals surface area contributed by atoms with Gasteiger partial charge in [-0.1, -0.05) is 81.1 Å². The molecule has 0 saturated heterocycles. The Morgan fingerprint density at radius 2 is 1.76 bits per heavy atom. The molecular formula is C29H31FNO5P. The number of hydrogen-bond donors (Lipinski definition) is 2. The standard InChI is InChI=1S/C29H31FNO5P/c1-5-22-13-16-25(31-26(22)23-9-7-6-8-10-23)28(34,19-21-11-14-24(30)15-12-21)29(27(32)33,37(35)36-4)18-17-20(2)3/h6-16,20,34,37H,5,19H2,1-4H3,(H,32,33). The van der Waals surface area contributed by atoms with Gasteiger partial charge in [0.15, 0.2) is 0 Å². The fraction of sp³-hybridized carbons (Fsp3) is 0.310. The molecule has 37 heavy (non-hydrogen) atoms. The average molecular weight is 524 g/mol. The Balaban J connectivity index is 2.41. The van der Waals surface area contributed by atoms with Crippen molar-refractivity contribution in [3.05, 3.63) is 89.4 Å². The van der Waals surface area contributed by atoms with Gasteiger partial charge in [-0.3, -0.25) is 4.57 Å². The highest BCUT2D eigenvalue weighted by Gasteiger charge is 2.62. The summed E-state index contributed by atoms with van der Waals surface area (Å²) >= 11 is 0. The molecule has 6 nitrogen and oxygen atoms in total. The van der Waals surface area contributed by atoms with Gasteiger partial charge in [-0.25, -0.2) is 14.2 Å². The summed E-state index contributed by atoms with van der Waals surface area (Å²) in [5.74, 6) is 3.06. The van der Waals surface area contributed by atoms with Gasteiger partial charge >= 0.3 is 5.97 Å². The number of hydrogen-bond acceptors (Lipinski definition) is 5. The highest BCUT2D eigenvalue weighted by molar-refractivity contribution is 7.43. The van der Waals surface area contributed by atoms with E-state index in [9.17, 15) is 24.0 Å². The Bertz CT molecular complexity index is 1330. The number of halogens is 1. The second-order valence-corrected chi connectivity index (χ2v) is 10.8. The van der Waals surface area contributed by atoms with Gasteiger partial charge in [0.05, 0.1) is 11.4 Å². The molecule has 0 bridgehead atoms. The molecule has 194 valence electrons. The first-order valence-electron chi connectivity index (χ1n) is 12.0. The summed E-state index contributed by atoms with van der Waals surface area (Å²) in [5.41, 5.74) is 0.205. The molecule has 3 unspecified atom stereocenters. The van der Waals surface area contributed by atoms with Crippen LogP contribution in [-0.2, 0) is 32.3 Å². The fourth-order valence-corrected chi connectivity index (χ4v) is 5.42. The van der Waals surface area contributed by atoms with Gasteiger partial charge in [0.1, 0.15) is 11.4 Å². The third-order valence-corrected chi connectivity index (χ3v) is 7.92. The third kappa shape index (κ3) is 5.67. The van der Waals surface area contributed by atoms with Crippen molar-refractivity contribution >= 4 is 14.0 Å². The molecule has 1 heterocycles. The van der Waals surface area contributed by atoms with Crippen LogP contribution in [0.1, 0.15) is 37.6 Å². The number of carbonyl (C=O) groups is 1.